The molecule has 1 saturated heterocycles. The first kappa shape index (κ1) is 15.7. The van der Waals surface area contributed by atoms with Crippen molar-refractivity contribution < 1.29 is 19.4 Å². The first-order chi connectivity index (χ1) is 10.1. The molecule has 1 aliphatic rings. The minimum absolute atomic E-state index is 0.0795. The third-order valence-electron chi connectivity index (χ3n) is 3.25. The molecule has 1 aromatic heterocycles. The van der Waals surface area contributed by atoms with Crippen molar-refractivity contribution in [2.75, 3.05) is 19.8 Å². The molecule has 0 aromatic carbocycles. The van der Waals surface area contributed by atoms with Gasteiger partial charge in [-0.1, -0.05) is 0 Å². The van der Waals surface area contributed by atoms with Crippen LogP contribution in [0.3, 0.4) is 0 Å². The Kier molecular flexibility index (Phi) is 5.46. The molecule has 2 rings (SSSR count). The molecule has 0 saturated carbocycles. The monoisotopic (exact) mass is 310 g/mol. The number of carboxylic acids is 1. The summed E-state index contributed by atoms with van der Waals surface area (Å²) in [5.74, 6) is -1.30. The predicted molar refractivity (Wildman–Crippen MR) is 79.1 cm³/mol. The fourth-order valence-electron chi connectivity index (χ4n) is 2.24. The second kappa shape index (κ2) is 7.33. The number of amides is 1. The molecule has 0 radical (unpaired) electrons. The molecule has 1 aromatic rings. The van der Waals surface area contributed by atoms with Gasteiger partial charge in [0.05, 0.1) is 10.7 Å². The Labute approximate surface area is 127 Å². The number of aliphatic carboxylic acids is 1. The summed E-state index contributed by atoms with van der Waals surface area (Å²) in [6, 6.07) is -0.0795. The number of nitrogens with zero attached hydrogens (tertiary/aromatic N) is 2. The van der Waals surface area contributed by atoms with Crippen LogP contribution in [0.2, 0.25) is 0 Å². The number of carboxylic acid groups (broad SMARTS) is 1. The molecule has 2 heterocycles. The van der Waals surface area contributed by atoms with E-state index in [1.807, 2.05) is 12.3 Å². The van der Waals surface area contributed by atoms with Crippen LogP contribution in [0, 0.1) is 6.92 Å². The molecule has 7 heteroatoms. The van der Waals surface area contributed by atoms with Gasteiger partial charge < -0.3 is 14.7 Å². The van der Waals surface area contributed by atoms with Crippen LogP contribution in [0.15, 0.2) is 11.5 Å². The molecule has 0 spiro atoms. The first-order valence-corrected chi connectivity index (χ1v) is 7.64. The average Bonchev–Trinajstić information content (AvgIpc) is 2.88. The highest BCUT2D eigenvalue weighted by Gasteiger charge is 2.26. The van der Waals surface area contributed by atoms with Crippen LogP contribution in [0.4, 0.5) is 0 Å². The summed E-state index contributed by atoms with van der Waals surface area (Å²) >= 11 is 1.51. The lowest BCUT2D eigenvalue weighted by molar-refractivity contribution is -0.145. The lowest BCUT2D eigenvalue weighted by Gasteiger charge is -2.32. The number of carbonyl (C=O) groups excluding carboxylic acids is 1. The molecule has 1 aliphatic heterocycles. The summed E-state index contributed by atoms with van der Waals surface area (Å²) in [5, 5.41) is 11.8. The van der Waals surface area contributed by atoms with Crippen LogP contribution in [0.5, 0.6) is 0 Å². The minimum Gasteiger partial charge on any atom is -0.480 e. The Morgan fingerprint density at radius 3 is 2.81 bits per heavy atom. The van der Waals surface area contributed by atoms with Crippen LogP contribution < -0.4 is 0 Å². The molecular weight excluding hydrogens is 292 g/mol. The number of hydrogen-bond donors (Lipinski definition) is 1. The minimum atomic E-state index is -1.01. The molecule has 0 aliphatic carbocycles. The maximum atomic E-state index is 12.3. The Balaban J connectivity index is 2.05. The molecule has 1 N–H and O–H groups in total. The molecule has 0 atom stereocenters. The van der Waals surface area contributed by atoms with Gasteiger partial charge in [-0.25, -0.2) is 4.98 Å². The summed E-state index contributed by atoms with van der Waals surface area (Å²) in [6.45, 7) is 2.72. The maximum absolute atomic E-state index is 12.3. The van der Waals surface area contributed by atoms with Gasteiger partial charge in [-0.15, -0.1) is 11.3 Å². The Morgan fingerprint density at radius 1 is 1.52 bits per heavy atom. The fraction of sp³-hybridized carbons (Fsp3) is 0.500. The molecular formula is C14H18N2O4S. The van der Waals surface area contributed by atoms with Crippen LogP contribution >= 0.6 is 11.3 Å². The summed E-state index contributed by atoms with van der Waals surface area (Å²) in [4.78, 5) is 28.9. The van der Waals surface area contributed by atoms with E-state index >= 15 is 0 Å². The molecule has 0 bridgehead atoms. The number of aryl methyl sites for hydroxylation is 1. The van der Waals surface area contributed by atoms with E-state index in [9.17, 15) is 9.59 Å². The highest BCUT2D eigenvalue weighted by molar-refractivity contribution is 7.09. The van der Waals surface area contributed by atoms with Crippen molar-refractivity contribution in [3.8, 4) is 0 Å². The third-order valence-corrected chi connectivity index (χ3v) is 4.05. The van der Waals surface area contributed by atoms with Gasteiger partial charge in [0.1, 0.15) is 6.54 Å². The van der Waals surface area contributed by atoms with E-state index in [1.54, 1.807) is 6.08 Å². The van der Waals surface area contributed by atoms with Crippen LogP contribution in [0.25, 0.3) is 6.08 Å². The van der Waals surface area contributed by atoms with Gasteiger partial charge in [-0.05, 0) is 25.8 Å². The van der Waals surface area contributed by atoms with Crippen molar-refractivity contribution in [2.45, 2.75) is 25.8 Å². The zero-order valence-electron chi connectivity index (χ0n) is 11.8. The maximum Gasteiger partial charge on any atom is 0.323 e. The van der Waals surface area contributed by atoms with E-state index in [1.165, 1.54) is 22.3 Å². The standard InChI is InChI=1S/C14H18N2O4S/c1-10-15-11(9-21-10)2-3-13(17)16(8-14(18)19)12-4-6-20-7-5-12/h2-3,9,12H,4-8H2,1H3,(H,18,19). The van der Waals surface area contributed by atoms with E-state index in [0.717, 1.165) is 5.01 Å². The zero-order chi connectivity index (χ0) is 15.2. The highest BCUT2D eigenvalue weighted by Crippen LogP contribution is 2.16. The highest BCUT2D eigenvalue weighted by atomic mass is 32.1. The topological polar surface area (TPSA) is 79.7 Å². The lowest BCUT2D eigenvalue weighted by atomic mass is 10.1. The van der Waals surface area contributed by atoms with Crippen molar-refractivity contribution in [3.63, 3.8) is 0 Å². The molecule has 21 heavy (non-hydrogen) atoms. The van der Waals surface area contributed by atoms with Crippen LogP contribution in [0.1, 0.15) is 23.5 Å². The molecule has 114 valence electrons. The average molecular weight is 310 g/mol. The van der Waals surface area contributed by atoms with Crippen LogP contribution in [-0.4, -0.2) is 52.7 Å². The van der Waals surface area contributed by atoms with Crippen molar-refractivity contribution in [1.82, 2.24) is 9.88 Å². The van der Waals surface area contributed by atoms with E-state index in [2.05, 4.69) is 4.98 Å². The third kappa shape index (κ3) is 4.64. The van der Waals surface area contributed by atoms with Gasteiger partial charge >= 0.3 is 5.97 Å². The van der Waals surface area contributed by atoms with Gasteiger partial charge in [-0.3, -0.25) is 9.59 Å². The predicted octanol–water partition coefficient (Wildman–Crippen LogP) is 1.56. The number of carbonyl (C=O) groups is 2. The Morgan fingerprint density at radius 2 is 2.24 bits per heavy atom. The normalized spacial score (nSPS) is 16.2. The van der Waals surface area contributed by atoms with E-state index in [0.29, 0.717) is 31.7 Å². The van der Waals surface area contributed by atoms with Gasteiger partial charge in [-0.2, -0.15) is 0 Å². The van der Waals surface area contributed by atoms with Crippen molar-refractivity contribution in [2.24, 2.45) is 0 Å². The number of thiazole rings is 1. The summed E-state index contributed by atoms with van der Waals surface area (Å²) in [5.41, 5.74) is 0.716. The SMILES string of the molecule is Cc1nc(C=CC(=O)N(CC(=O)O)C2CCOCC2)cs1. The Hall–Kier alpha value is -1.73. The largest absolute Gasteiger partial charge is 0.480 e. The van der Waals surface area contributed by atoms with Gasteiger partial charge in [0, 0.05) is 30.7 Å². The van der Waals surface area contributed by atoms with Crippen LogP contribution in [-0.2, 0) is 14.3 Å². The number of rotatable bonds is 5. The Bertz CT molecular complexity index is 535. The molecule has 1 amide bonds. The summed E-state index contributed by atoms with van der Waals surface area (Å²) < 4.78 is 5.25. The van der Waals surface area contributed by atoms with Gasteiger partial charge in [0.25, 0.3) is 0 Å². The number of hydrogen-bond acceptors (Lipinski definition) is 5. The van der Waals surface area contributed by atoms with E-state index in [-0.39, 0.29) is 18.5 Å². The number of ether oxygens (including phenoxy) is 1. The smallest absolute Gasteiger partial charge is 0.323 e. The molecule has 6 nitrogen and oxygen atoms in total. The van der Waals surface area contributed by atoms with Crippen molar-refractivity contribution in [1.29, 1.82) is 0 Å². The zero-order valence-corrected chi connectivity index (χ0v) is 12.6. The first-order valence-electron chi connectivity index (χ1n) is 6.76. The summed E-state index contributed by atoms with van der Waals surface area (Å²) in [7, 11) is 0. The fourth-order valence-corrected chi connectivity index (χ4v) is 2.82. The molecule has 0 unspecified atom stereocenters. The van der Waals surface area contributed by atoms with Gasteiger partial charge in [0.2, 0.25) is 5.91 Å². The van der Waals surface area contributed by atoms with Crippen molar-refractivity contribution >= 4 is 29.3 Å². The van der Waals surface area contributed by atoms with Gasteiger partial charge in [0.15, 0.2) is 0 Å². The second-order valence-corrected chi connectivity index (χ2v) is 5.89. The van der Waals surface area contributed by atoms with Crippen molar-refractivity contribution in [3.05, 3.63) is 22.2 Å². The quantitative estimate of drug-likeness (QED) is 0.835. The summed E-state index contributed by atoms with van der Waals surface area (Å²) in [6.07, 6.45) is 4.36. The van der Waals surface area contributed by atoms with E-state index in [4.69, 9.17) is 9.84 Å². The lowest BCUT2D eigenvalue weighted by Crippen LogP contribution is -2.45. The molecule has 1 fully saturated rings. The second-order valence-electron chi connectivity index (χ2n) is 4.83. The number of aromatic nitrogens is 1. The van der Waals surface area contributed by atoms with E-state index < -0.39 is 5.97 Å².